The minimum Gasteiger partial charge on any atom is -0.359 e. The van der Waals surface area contributed by atoms with E-state index < -0.39 is 0 Å². The average molecular weight is 530 g/mol. The third-order valence-corrected chi connectivity index (χ3v) is 7.82. The van der Waals surface area contributed by atoms with E-state index in [-0.39, 0.29) is 5.82 Å². The number of aromatic amines is 2. The fourth-order valence-electron chi connectivity index (χ4n) is 5.66. The summed E-state index contributed by atoms with van der Waals surface area (Å²) in [5, 5.41) is 13.1. The quantitative estimate of drug-likeness (QED) is 0.176. The number of benzene rings is 2. The summed E-state index contributed by atoms with van der Waals surface area (Å²) in [4.78, 5) is 8.20. The largest absolute Gasteiger partial charge is 0.359 e. The first-order chi connectivity index (χ1) is 19.6. The Labute approximate surface area is 233 Å². The van der Waals surface area contributed by atoms with Gasteiger partial charge in [-0.15, -0.1) is 0 Å². The number of H-pyrrole nitrogens is 2. The molecule has 0 atom stereocenters. The molecular formula is C34H32FN5. The molecule has 0 unspecified atom stereocenters. The molecule has 0 saturated heterocycles. The fourth-order valence-corrected chi connectivity index (χ4v) is 5.66. The van der Waals surface area contributed by atoms with E-state index >= 15 is 0 Å². The van der Waals surface area contributed by atoms with Crippen LogP contribution in [0.3, 0.4) is 0 Å². The van der Waals surface area contributed by atoms with Crippen LogP contribution in [0.2, 0.25) is 0 Å². The molecule has 2 aromatic carbocycles. The zero-order valence-corrected chi connectivity index (χ0v) is 22.6. The van der Waals surface area contributed by atoms with Crippen molar-refractivity contribution < 1.29 is 4.39 Å². The van der Waals surface area contributed by atoms with Crippen LogP contribution in [0, 0.1) is 11.7 Å². The van der Waals surface area contributed by atoms with E-state index in [0.29, 0.717) is 11.5 Å². The number of pyridine rings is 1. The first kappa shape index (κ1) is 25.6. The van der Waals surface area contributed by atoms with Crippen LogP contribution in [-0.4, -0.2) is 20.2 Å². The van der Waals surface area contributed by atoms with Crippen LogP contribution in [0.1, 0.15) is 38.3 Å². The summed E-state index contributed by atoms with van der Waals surface area (Å²) in [5.41, 5.74) is 8.54. The Morgan fingerprint density at radius 2 is 1.82 bits per heavy atom. The molecule has 6 heteroatoms. The molecule has 6 rings (SSSR count). The van der Waals surface area contributed by atoms with Crippen molar-refractivity contribution >= 4 is 27.4 Å². The van der Waals surface area contributed by atoms with E-state index in [9.17, 15) is 4.39 Å². The van der Waals surface area contributed by atoms with Gasteiger partial charge in [0, 0.05) is 33.2 Å². The van der Waals surface area contributed by atoms with E-state index in [2.05, 4.69) is 45.8 Å². The van der Waals surface area contributed by atoms with Gasteiger partial charge in [0.2, 0.25) is 0 Å². The smallest absolute Gasteiger partial charge is 0.131 e. The number of hydrogen-bond acceptors (Lipinski definition) is 3. The van der Waals surface area contributed by atoms with E-state index in [1.807, 2.05) is 55.6 Å². The summed E-state index contributed by atoms with van der Waals surface area (Å²) >= 11 is 0. The maximum atomic E-state index is 14.6. The summed E-state index contributed by atoms with van der Waals surface area (Å²) in [5.74, 6) is 0.265. The maximum absolute atomic E-state index is 14.6. The monoisotopic (exact) mass is 529 g/mol. The second-order valence-corrected chi connectivity index (χ2v) is 10.3. The second-order valence-electron chi connectivity index (χ2n) is 10.3. The predicted molar refractivity (Wildman–Crippen MR) is 163 cm³/mol. The third-order valence-electron chi connectivity index (χ3n) is 7.82. The minimum absolute atomic E-state index is 0.245. The van der Waals surface area contributed by atoms with Crippen molar-refractivity contribution in [2.24, 2.45) is 5.92 Å². The molecule has 1 aliphatic rings. The van der Waals surface area contributed by atoms with Crippen molar-refractivity contribution in [2.45, 2.75) is 32.6 Å². The molecule has 1 saturated carbocycles. The molecular weight excluding hydrogens is 497 g/mol. The van der Waals surface area contributed by atoms with Gasteiger partial charge in [-0.3, -0.25) is 10.1 Å². The number of rotatable bonds is 8. The highest BCUT2D eigenvalue weighted by Gasteiger charge is 2.19. The molecule has 3 heterocycles. The summed E-state index contributed by atoms with van der Waals surface area (Å²) in [6.45, 7) is 10.3. The summed E-state index contributed by atoms with van der Waals surface area (Å²) < 4.78 is 14.6. The van der Waals surface area contributed by atoms with Crippen molar-refractivity contribution in [1.82, 2.24) is 25.5 Å². The Bertz CT molecular complexity index is 1800. The summed E-state index contributed by atoms with van der Waals surface area (Å²) in [6, 6.07) is 16.8. The van der Waals surface area contributed by atoms with Gasteiger partial charge in [0.1, 0.15) is 11.5 Å². The molecule has 0 aliphatic heterocycles. The first-order valence-corrected chi connectivity index (χ1v) is 13.7. The van der Waals surface area contributed by atoms with Crippen LogP contribution in [0.4, 0.5) is 4.39 Å². The highest BCUT2D eigenvalue weighted by molar-refractivity contribution is 6.01. The fraction of sp³-hybridized carbons (Fsp3) is 0.176. The van der Waals surface area contributed by atoms with Gasteiger partial charge in [-0.1, -0.05) is 62.4 Å². The Morgan fingerprint density at radius 3 is 2.60 bits per heavy atom. The Morgan fingerprint density at radius 1 is 1.02 bits per heavy atom. The zero-order valence-electron chi connectivity index (χ0n) is 22.6. The molecule has 1 aliphatic carbocycles. The summed E-state index contributed by atoms with van der Waals surface area (Å²) in [7, 11) is 0. The van der Waals surface area contributed by atoms with Gasteiger partial charge in [0.25, 0.3) is 0 Å². The topological polar surface area (TPSA) is 69.4 Å². The highest BCUT2D eigenvalue weighted by Crippen LogP contribution is 2.35. The standard InChI is InChI=1S/C34H32FN5/c1-4-22(17-24(5-2)37-21(3)23-11-6-7-12-23)31-19-28-33(20-36-31)39-40-34(28)32-18-27-25(14-10-16-30(27)38-32)26-13-8-9-15-29(26)35/h4-5,8-10,13-20,23,37-38H,2-3,6-7,11-12H2,1H3,(H,39,40)/b22-4+,24-17+. The van der Waals surface area contributed by atoms with Gasteiger partial charge >= 0.3 is 0 Å². The van der Waals surface area contributed by atoms with Crippen LogP contribution in [0.5, 0.6) is 0 Å². The lowest BCUT2D eigenvalue weighted by Gasteiger charge is -2.16. The van der Waals surface area contributed by atoms with Gasteiger partial charge in [-0.05, 0) is 73.2 Å². The van der Waals surface area contributed by atoms with E-state index in [0.717, 1.165) is 61.4 Å². The van der Waals surface area contributed by atoms with Crippen LogP contribution in [-0.2, 0) is 0 Å². The molecule has 0 radical (unpaired) electrons. The lowest BCUT2D eigenvalue weighted by molar-refractivity contribution is 0.607. The molecule has 3 aromatic heterocycles. The van der Waals surface area contributed by atoms with Gasteiger partial charge < -0.3 is 10.3 Å². The zero-order chi connectivity index (χ0) is 27.6. The van der Waals surface area contributed by atoms with Crippen LogP contribution in [0.25, 0.3) is 49.9 Å². The van der Waals surface area contributed by atoms with Gasteiger partial charge in [-0.25, -0.2) is 4.39 Å². The molecule has 0 bridgehead atoms. The molecule has 1 fully saturated rings. The molecule has 3 N–H and O–H groups in total. The number of nitrogens with one attached hydrogen (secondary N) is 3. The number of hydrogen-bond donors (Lipinski definition) is 3. The Kier molecular flexibility index (Phi) is 6.91. The highest BCUT2D eigenvalue weighted by atomic mass is 19.1. The number of nitrogens with zero attached hydrogens (tertiary/aromatic N) is 2. The van der Waals surface area contributed by atoms with Gasteiger partial charge in [0.05, 0.1) is 23.1 Å². The Balaban J connectivity index is 1.36. The molecule has 0 amide bonds. The lowest BCUT2D eigenvalue weighted by Crippen LogP contribution is -2.16. The van der Waals surface area contributed by atoms with Gasteiger partial charge in [-0.2, -0.15) is 5.10 Å². The third kappa shape index (κ3) is 4.77. The minimum atomic E-state index is -0.245. The number of allylic oxidation sites excluding steroid dienone is 5. The van der Waals surface area contributed by atoms with Crippen LogP contribution in [0.15, 0.2) is 104 Å². The van der Waals surface area contributed by atoms with Gasteiger partial charge in [0.15, 0.2) is 0 Å². The number of fused-ring (bicyclic) bond motifs is 2. The van der Waals surface area contributed by atoms with E-state index in [1.54, 1.807) is 12.1 Å². The number of aromatic nitrogens is 4. The van der Waals surface area contributed by atoms with Crippen molar-refractivity contribution in [3.05, 3.63) is 115 Å². The molecule has 40 heavy (non-hydrogen) atoms. The molecule has 5 nitrogen and oxygen atoms in total. The van der Waals surface area contributed by atoms with E-state index in [4.69, 9.17) is 4.98 Å². The van der Waals surface area contributed by atoms with Crippen LogP contribution < -0.4 is 5.32 Å². The van der Waals surface area contributed by atoms with Crippen molar-refractivity contribution in [2.75, 3.05) is 0 Å². The predicted octanol–water partition coefficient (Wildman–Crippen LogP) is 8.68. The van der Waals surface area contributed by atoms with Crippen molar-refractivity contribution in [3.8, 4) is 22.5 Å². The second kappa shape index (κ2) is 10.8. The normalized spacial score (nSPS) is 14.8. The molecule has 5 aromatic rings. The lowest BCUT2D eigenvalue weighted by atomic mass is 10.0. The maximum Gasteiger partial charge on any atom is 0.131 e. The number of halogens is 1. The van der Waals surface area contributed by atoms with Crippen molar-refractivity contribution in [3.63, 3.8) is 0 Å². The molecule has 200 valence electrons. The van der Waals surface area contributed by atoms with E-state index in [1.165, 1.54) is 31.7 Å². The summed E-state index contributed by atoms with van der Waals surface area (Å²) in [6.07, 6.45) is 12.6. The SMILES string of the molecule is C=C/C(=C\C(=C/C)c1cc2c(-c3cc4c(-c5ccccc5F)cccc4[nH]3)n[nH]c2cn1)NC(=C)C1CCCC1. The molecule has 0 spiro atoms. The van der Waals surface area contributed by atoms with Crippen molar-refractivity contribution in [1.29, 1.82) is 0 Å². The van der Waals surface area contributed by atoms with Crippen LogP contribution >= 0.6 is 0 Å². The Hall–Kier alpha value is -4.71. The first-order valence-electron chi connectivity index (χ1n) is 13.7. The average Bonchev–Trinajstić information content (AvgIpc) is 3.74.